The number of phenols is 1. The van der Waals surface area contributed by atoms with Crippen LogP contribution in [-0.2, 0) is 16.0 Å². The second-order valence-electron chi connectivity index (χ2n) is 5.37. The van der Waals surface area contributed by atoms with Crippen molar-refractivity contribution >= 4 is 34.7 Å². The van der Waals surface area contributed by atoms with Crippen LogP contribution < -0.4 is 5.32 Å². The van der Waals surface area contributed by atoms with Crippen molar-refractivity contribution in [3.63, 3.8) is 0 Å². The summed E-state index contributed by atoms with van der Waals surface area (Å²) in [6.07, 6.45) is 0.0406. The molecule has 0 spiro atoms. The molecule has 8 heteroatoms. The van der Waals surface area contributed by atoms with E-state index in [9.17, 15) is 24.8 Å². The van der Waals surface area contributed by atoms with Gasteiger partial charge in [0.15, 0.2) is 0 Å². The molecule has 0 fully saturated rings. The lowest BCUT2D eigenvalue weighted by Crippen LogP contribution is -2.23. The molecule has 1 heterocycles. The smallest absolute Gasteiger partial charge is 0.277 e. The fraction of sp³-hybridized carbons (Fsp3) is 0.0588. The summed E-state index contributed by atoms with van der Waals surface area (Å²) in [5, 5.41) is 23.0. The van der Waals surface area contributed by atoms with Crippen LogP contribution in [0.15, 0.2) is 48.0 Å². The van der Waals surface area contributed by atoms with Gasteiger partial charge in [0, 0.05) is 18.1 Å². The van der Waals surface area contributed by atoms with Crippen molar-refractivity contribution in [2.75, 3.05) is 0 Å². The van der Waals surface area contributed by atoms with Gasteiger partial charge in [-0.1, -0.05) is 29.8 Å². The Kier molecular flexibility index (Phi) is 4.24. The Balaban J connectivity index is 2.13. The number of hydrogen-bond acceptors (Lipinski definition) is 5. The first kappa shape index (κ1) is 16.7. The van der Waals surface area contributed by atoms with Gasteiger partial charge in [-0.25, -0.2) is 0 Å². The van der Waals surface area contributed by atoms with Crippen LogP contribution in [0, 0.1) is 10.1 Å². The maximum atomic E-state index is 12.2. The minimum atomic E-state index is -0.681. The molecule has 0 aromatic heterocycles. The molecule has 0 atom stereocenters. The standard InChI is InChI=1S/C17H11ClN2O5/c18-12-8-9(5-6-14(12)21)7-11-15(17(23)19-16(11)22)10-3-1-2-4-13(10)20(24)25/h1-6,8,21H,7H2,(H,19,22,23). The van der Waals surface area contributed by atoms with Crippen molar-refractivity contribution in [2.24, 2.45) is 0 Å². The van der Waals surface area contributed by atoms with E-state index in [1.54, 1.807) is 12.1 Å². The molecule has 2 N–H and O–H groups in total. The molecule has 126 valence electrons. The summed E-state index contributed by atoms with van der Waals surface area (Å²) in [7, 11) is 0. The van der Waals surface area contributed by atoms with Crippen molar-refractivity contribution in [3.05, 3.63) is 74.3 Å². The molecule has 0 aliphatic carbocycles. The van der Waals surface area contributed by atoms with Crippen molar-refractivity contribution in [2.45, 2.75) is 6.42 Å². The first-order chi connectivity index (χ1) is 11.9. The van der Waals surface area contributed by atoms with Crippen LogP contribution in [0.25, 0.3) is 5.57 Å². The summed E-state index contributed by atoms with van der Waals surface area (Å²) < 4.78 is 0. The monoisotopic (exact) mass is 358 g/mol. The molecule has 0 saturated heterocycles. The Labute approximate surface area is 146 Å². The lowest BCUT2D eigenvalue weighted by Gasteiger charge is -2.06. The van der Waals surface area contributed by atoms with Gasteiger partial charge in [-0.05, 0) is 23.8 Å². The first-order valence-electron chi connectivity index (χ1n) is 7.18. The Morgan fingerprint density at radius 1 is 1.12 bits per heavy atom. The number of nitro benzene ring substituents is 1. The molecule has 2 aromatic carbocycles. The van der Waals surface area contributed by atoms with Crippen molar-refractivity contribution in [1.29, 1.82) is 0 Å². The predicted octanol–water partition coefficient (Wildman–Crippen LogP) is 2.61. The van der Waals surface area contributed by atoms with Gasteiger partial charge in [-0.15, -0.1) is 0 Å². The van der Waals surface area contributed by atoms with Crippen LogP contribution in [0.3, 0.4) is 0 Å². The van der Waals surface area contributed by atoms with Crippen LogP contribution in [-0.4, -0.2) is 21.8 Å². The van der Waals surface area contributed by atoms with Crippen molar-refractivity contribution in [1.82, 2.24) is 5.32 Å². The van der Waals surface area contributed by atoms with Gasteiger partial charge in [-0.3, -0.25) is 25.0 Å². The molecule has 2 aromatic rings. The Hall–Kier alpha value is -3.19. The lowest BCUT2D eigenvalue weighted by atomic mass is 9.95. The summed E-state index contributed by atoms with van der Waals surface area (Å²) in [6.45, 7) is 0. The van der Waals surface area contributed by atoms with Gasteiger partial charge in [0.25, 0.3) is 17.5 Å². The number of aromatic hydroxyl groups is 1. The average molecular weight is 359 g/mol. The van der Waals surface area contributed by atoms with Crippen molar-refractivity contribution < 1.29 is 19.6 Å². The van der Waals surface area contributed by atoms with Crippen LogP contribution in [0.4, 0.5) is 5.69 Å². The molecule has 0 unspecified atom stereocenters. The fourth-order valence-electron chi connectivity index (χ4n) is 2.65. The number of nitrogens with one attached hydrogen (secondary N) is 1. The Morgan fingerprint density at radius 2 is 1.84 bits per heavy atom. The van der Waals surface area contributed by atoms with E-state index >= 15 is 0 Å². The van der Waals surface area contributed by atoms with Gasteiger partial charge >= 0.3 is 0 Å². The summed E-state index contributed by atoms with van der Waals surface area (Å²) >= 11 is 5.86. The predicted molar refractivity (Wildman–Crippen MR) is 90.0 cm³/mol. The minimum absolute atomic E-state index is 0.0264. The zero-order valence-corrected chi connectivity index (χ0v) is 13.4. The molecular weight excluding hydrogens is 348 g/mol. The number of hydrogen-bond donors (Lipinski definition) is 2. The van der Waals surface area contributed by atoms with E-state index in [0.29, 0.717) is 5.56 Å². The molecule has 7 nitrogen and oxygen atoms in total. The molecule has 0 bridgehead atoms. The van der Waals surface area contributed by atoms with Crippen molar-refractivity contribution in [3.8, 4) is 5.75 Å². The van der Waals surface area contributed by atoms with Crippen LogP contribution in [0.1, 0.15) is 11.1 Å². The van der Waals surface area contributed by atoms with E-state index < -0.39 is 16.7 Å². The highest BCUT2D eigenvalue weighted by atomic mass is 35.5. The average Bonchev–Trinajstić information content (AvgIpc) is 2.84. The third-order valence-electron chi connectivity index (χ3n) is 3.79. The summed E-state index contributed by atoms with van der Waals surface area (Å²) in [4.78, 5) is 35.0. The van der Waals surface area contributed by atoms with Gasteiger partial charge in [0.2, 0.25) is 0 Å². The highest BCUT2D eigenvalue weighted by Crippen LogP contribution is 2.33. The summed E-state index contributed by atoms with van der Waals surface area (Å²) in [5.74, 6) is -1.40. The van der Waals surface area contributed by atoms with E-state index in [1.807, 2.05) is 0 Å². The maximum Gasteiger partial charge on any atom is 0.277 e. The molecule has 0 radical (unpaired) electrons. The largest absolute Gasteiger partial charge is 0.506 e. The minimum Gasteiger partial charge on any atom is -0.506 e. The van der Waals surface area contributed by atoms with Gasteiger partial charge in [0.1, 0.15) is 5.75 Å². The SMILES string of the molecule is O=C1NC(=O)C(c2ccccc2[N+](=O)[O-])=C1Cc1ccc(O)c(Cl)c1. The van der Waals surface area contributed by atoms with E-state index in [0.717, 1.165) is 0 Å². The zero-order valence-electron chi connectivity index (χ0n) is 12.7. The highest BCUT2D eigenvalue weighted by Gasteiger charge is 2.34. The Morgan fingerprint density at radius 3 is 2.52 bits per heavy atom. The molecule has 2 amide bonds. The van der Waals surface area contributed by atoms with E-state index in [4.69, 9.17) is 11.6 Å². The number of phenolic OH excluding ortho intramolecular Hbond substituents is 1. The van der Waals surface area contributed by atoms with Crippen LogP contribution >= 0.6 is 11.6 Å². The normalized spacial score (nSPS) is 14.0. The topological polar surface area (TPSA) is 110 Å². The van der Waals surface area contributed by atoms with Crippen LogP contribution in [0.2, 0.25) is 5.02 Å². The van der Waals surface area contributed by atoms with Gasteiger partial charge < -0.3 is 5.11 Å². The quantitative estimate of drug-likeness (QED) is 0.496. The van der Waals surface area contributed by atoms with E-state index in [1.165, 1.54) is 30.3 Å². The number of nitrogens with zero attached hydrogens (tertiary/aromatic N) is 1. The molecule has 3 rings (SSSR count). The molecular formula is C17H11ClN2O5. The number of halogens is 1. The second-order valence-corrected chi connectivity index (χ2v) is 5.78. The second kappa shape index (κ2) is 6.37. The molecule has 25 heavy (non-hydrogen) atoms. The molecule has 1 aliphatic rings. The van der Waals surface area contributed by atoms with Crippen LogP contribution in [0.5, 0.6) is 5.75 Å². The number of carbonyl (C=O) groups is 2. The third-order valence-corrected chi connectivity index (χ3v) is 4.10. The number of imide groups is 1. The number of benzene rings is 2. The van der Waals surface area contributed by atoms with Gasteiger partial charge in [-0.2, -0.15) is 0 Å². The number of rotatable bonds is 4. The summed E-state index contributed by atoms with van der Waals surface area (Å²) in [5.41, 5.74) is 0.487. The molecule has 1 aliphatic heterocycles. The van der Waals surface area contributed by atoms with E-state index in [-0.39, 0.29) is 39.6 Å². The maximum absolute atomic E-state index is 12.2. The molecule has 0 saturated carbocycles. The highest BCUT2D eigenvalue weighted by molar-refractivity contribution is 6.36. The number of para-hydroxylation sites is 1. The van der Waals surface area contributed by atoms with Gasteiger partial charge in [0.05, 0.1) is 21.1 Å². The number of carbonyl (C=O) groups excluding carboxylic acids is 2. The first-order valence-corrected chi connectivity index (χ1v) is 7.56. The number of amides is 2. The summed E-state index contributed by atoms with van der Waals surface area (Å²) in [6, 6.07) is 10.1. The fourth-order valence-corrected chi connectivity index (χ4v) is 2.86. The Bertz CT molecular complexity index is 952. The zero-order chi connectivity index (χ0) is 18.1. The third kappa shape index (κ3) is 3.09. The van der Waals surface area contributed by atoms with E-state index in [2.05, 4.69) is 5.32 Å². The number of nitro groups is 1. The lowest BCUT2D eigenvalue weighted by molar-refractivity contribution is -0.385.